The van der Waals surface area contributed by atoms with E-state index in [1.807, 2.05) is 0 Å². The first-order valence-electron chi connectivity index (χ1n) is 10.3. The Labute approximate surface area is 145 Å². The van der Waals surface area contributed by atoms with Crippen LogP contribution in [-0.2, 0) is 0 Å². The van der Waals surface area contributed by atoms with Crippen LogP contribution in [0, 0.1) is 0 Å². The lowest BCUT2D eigenvalue weighted by Crippen LogP contribution is -2.05. The van der Waals surface area contributed by atoms with E-state index in [-0.39, 0.29) is 6.10 Å². The maximum absolute atomic E-state index is 9.97. The first-order valence-corrected chi connectivity index (χ1v) is 10.3. The van der Waals surface area contributed by atoms with E-state index < -0.39 is 0 Å². The Morgan fingerprint density at radius 3 is 1.26 bits per heavy atom. The van der Waals surface area contributed by atoms with Crippen molar-refractivity contribution in [3.8, 4) is 0 Å². The third-order valence-electron chi connectivity index (χ3n) is 4.69. The van der Waals surface area contributed by atoms with Crippen LogP contribution in [0.4, 0.5) is 0 Å². The molecule has 0 aromatic rings. The van der Waals surface area contributed by atoms with E-state index in [0.717, 1.165) is 38.6 Å². The molecule has 3 heteroatoms. The van der Waals surface area contributed by atoms with Gasteiger partial charge >= 0.3 is 0 Å². The summed E-state index contributed by atoms with van der Waals surface area (Å²) in [7, 11) is 0. The molecule has 140 valence electrons. The Morgan fingerprint density at radius 2 is 0.870 bits per heavy atom. The largest absolute Gasteiger partial charge is 0.396 e. The van der Waals surface area contributed by atoms with Gasteiger partial charge in [0.25, 0.3) is 0 Å². The fourth-order valence-electron chi connectivity index (χ4n) is 3.10. The summed E-state index contributed by atoms with van der Waals surface area (Å²) < 4.78 is 0. The third kappa shape index (κ3) is 19.8. The Morgan fingerprint density at radius 1 is 0.522 bits per heavy atom. The second-order valence-electron chi connectivity index (χ2n) is 7.05. The van der Waals surface area contributed by atoms with Crippen molar-refractivity contribution in [2.45, 2.75) is 115 Å². The quantitative estimate of drug-likeness (QED) is 0.294. The zero-order valence-electron chi connectivity index (χ0n) is 15.5. The van der Waals surface area contributed by atoms with Gasteiger partial charge in [0.1, 0.15) is 0 Å². The lowest BCUT2D eigenvalue weighted by Gasteiger charge is -2.10. The second-order valence-corrected chi connectivity index (χ2v) is 7.05. The molecule has 0 bridgehead atoms. The lowest BCUT2D eigenvalue weighted by molar-refractivity contribution is 0.147. The van der Waals surface area contributed by atoms with Crippen molar-refractivity contribution in [2.75, 3.05) is 13.2 Å². The molecule has 0 aliphatic carbocycles. The Hall–Kier alpha value is -0.120. The van der Waals surface area contributed by atoms with Crippen molar-refractivity contribution >= 4 is 0 Å². The fraction of sp³-hybridized carbons (Fsp3) is 1.00. The summed E-state index contributed by atoms with van der Waals surface area (Å²) >= 11 is 0. The van der Waals surface area contributed by atoms with E-state index in [2.05, 4.69) is 0 Å². The smallest absolute Gasteiger partial charge is 0.0540 e. The zero-order chi connectivity index (χ0) is 17.0. The van der Waals surface area contributed by atoms with Crippen LogP contribution in [0.2, 0.25) is 0 Å². The molecule has 23 heavy (non-hydrogen) atoms. The summed E-state index contributed by atoms with van der Waals surface area (Å²) in [6.07, 6.45) is 20.5. The van der Waals surface area contributed by atoms with Crippen LogP contribution in [0.5, 0.6) is 0 Å². The molecule has 0 heterocycles. The number of nitrogens with two attached hydrogens (primary N) is 1. The highest BCUT2D eigenvalue weighted by molar-refractivity contribution is 4.57. The average Bonchev–Trinajstić information content (AvgIpc) is 2.55. The Balaban J connectivity index is 3.11. The van der Waals surface area contributed by atoms with E-state index in [0.29, 0.717) is 6.61 Å². The van der Waals surface area contributed by atoms with E-state index in [1.54, 1.807) is 0 Å². The second kappa shape index (κ2) is 19.9. The number of aliphatic hydroxyl groups is 2. The third-order valence-corrected chi connectivity index (χ3v) is 4.69. The van der Waals surface area contributed by atoms with E-state index >= 15 is 0 Å². The Bertz CT molecular complexity index is 212. The summed E-state index contributed by atoms with van der Waals surface area (Å²) in [4.78, 5) is 0. The number of aliphatic hydroxyl groups excluding tert-OH is 2. The van der Waals surface area contributed by atoms with Gasteiger partial charge in [-0.2, -0.15) is 0 Å². The summed E-state index contributed by atoms with van der Waals surface area (Å²) in [6.45, 7) is 1.17. The molecular weight excluding hydrogens is 286 g/mol. The molecule has 4 N–H and O–H groups in total. The molecule has 3 nitrogen and oxygen atoms in total. The first kappa shape index (κ1) is 22.9. The van der Waals surface area contributed by atoms with Crippen molar-refractivity contribution in [3.63, 3.8) is 0 Å². The fourth-order valence-corrected chi connectivity index (χ4v) is 3.10. The molecule has 0 aliphatic heterocycles. The van der Waals surface area contributed by atoms with Crippen molar-refractivity contribution in [3.05, 3.63) is 0 Å². The normalized spacial score (nSPS) is 12.7. The minimum atomic E-state index is -0.0799. The number of unbranched alkanes of at least 4 members (excludes halogenated alkanes) is 13. The number of hydrogen-bond acceptors (Lipinski definition) is 3. The molecule has 0 fully saturated rings. The molecule has 0 rings (SSSR count). The predicted molar refractivity (Wildman–Crippen MR) is 101 cm³/mol. The minimum absolute atomic E-state index is 0.0799. The summed E-state index contributed by atoms with van der Waals surface area (Å²) in [5.41, 5.74) is 5.48. The number of rotatable bonds is 19. The maximum atomic E-state index is 9.97. The van der Waals surface area contributed by atoms with Crippen molar-refractivity contribution in [1.29, 1.82) is 0 Å². The zero-order valence-corrected chi connectivity index (χ0v) is 15.5. The highest BCUT2D eigenvalue weighted by Gasteiger charge is 2.03. The minimum Gasteiger partial charge on any atom is -0.396 e. The summed E-state index contributed by atoms with van der Waals surface area (Å²) in [5.74, 6) is 0. The van der Waals surface area contributed by atoms with Gasteiger partial charge in [0.05, 0.1) is 6.10 Å². The molecular formula is C20H43NO2. The molecule has 1 atom stereocenters. The van der Waals surface area contributed by atoms with E-state index in [4.69, 9.17) is 10.8 Å². The molecule has 0 aliphatic rings. The molecule has 0 spiro atoms. The van der Waals surface area contributed by atoms with Gasteiger partial charge in [0.15, 0.2) is 0 Å². The molecule has 0 radical (unpaired) electrons. The monoisotopic (exact) mass is 329 g/mol. The van der Waals surface area contributed by atoms with Crippen molar-refractivity contribution < 1.29 is 10.2 Å². The van der Waals surface area contributed by atoms with Crippen LogP contribution >= 0.6 is 0 Å². The molecule has 0 amide bonds. The molecule has 0 saturated carbocycles. The van der Waals surface area contributed by atoms with Crippen molar-refractivity contribution in [1.82, 2.24) is 0 Å². The van der Waals surface area contributed by atoms with Gasteiger partial charge in [-0.1, -0.05) is 83.5 Å². The topological polar surface area (TPSA) is 66.5 Å². The SMILES string of the molecule is NCCCCCCCCCCCC(O)CCCCCCCCO. The Kier molecular flexibility index (Phi) is 19.8. The molecule has 0 aromatic heterocycles. The van der Waals surface area contributed by atoms with E-state index in [9.17, 15) is 5.11 Å². The first-order chi connectivity index (χ1) is 11.3. The van der Waals surface area contributed by atoms with Gasteiger partial charge in [0.2, 0.25) is 0 Å². The van der Waals surface area contributed by atoms with Gasteiger partial charge in [-0.3, -0.25) is 0 Å². The summed E-state index contributed by atoms with van der Waals surface area (Å²) in [5, 5.41) is 18.7. The highest BCUT2D eigenvalue weighted by Crippen LogP contribution is 2.14. The van der Waals surface area contributed by atoms with Gasteiger partial charge < -0.3 is 15.9 Å². The van der Waals surface area contributed by atoms with Crippen LogP contribution in [-0.4, -0.2) is 29.5 Å². The van der Waals surface area contributed by atoms with Crippen LogP contribution in [0.3, 0.4) is 0 Å². The van der Waals surface area contributed by atoms with Gasteiger partial charge in [-0.15, -0.1) is 0 Å². The van der Waals surface area contributed by atoms with Gasteiger partial charge in [-0.25, -0.2) is 0 Å². The highest BCUT2D eigenvalue weighted by atomic mass is 16.3. The van der Waals surface area contributed by atoms with Crippen LogP contribution in [0.25, 0.3) is 0 Å². The standard InChI is InChI=1S/C20H43NO2/c21-18-14-10-6-3-1-2-4-8-12-16-20(23)17-13-9-5-7-11-15-19-22/h20,22-23H,1-19,21H2. The maximum Gasteiger partial charge on any atom is 0.0540 e. The van der Waals surface area contributed by atoms with Crippen LogP contribution in [0.15, 0.2) is 0 Å². The van der Waals surface area contributed by atoms with Gasteiger partial charge in [0, 0.05) is 6.61 Å². The van der Waals surface area contributed by atoms with Crippen LogP contribution < -0.4 is 5.73 Å². The lowest BCUT2D eigenvalue weighted by atomic mass is 10.0. The molecule has 0 saturated heterocycles. The van der Waals surface area contributed by atoms with E-state index in [1.165, 1.54) is 77.0 Å². The molecule has 1 unspecified atom stereocenters. The average molecular weight is 330 g/mol. The van der Waals surface area contributed by atoms with Gasteiger partial charge in [-0.05, 0) is 32.2 Å². The summed E-state index contributed by atoms with van der Waals surface area (Å²) in [6, 6.07) is 0. The molecule has 0 aromatic carbocycles. The van der Waals surface area contributed by atoms with Crippen LogP contribution in [0.1, 0.15) is 109 Å². The number of hydrogen-bond donors (Lipinski definition) is 3. The van der Waals surface area contributed by atoms with Crippen molar-refractivity contribution in [2.24, 2.45) is 5.73 Å². The predicted octanol–water partition coefficient (Wildman–Crippen LogP) is 4.93.